The van der Waals surface area contributed by atoms with E-state index in [4.69, 9.17) is 16.9 Å². The lowest BCUT2D eigenvalue weighted by molar-refractivity contribution is 0.0515. The largest absolute Gasteiger partial charge is 0.385 e. The van der Waals surface area contributed by atoms with Gasteiger partial charge in [-0.15, -0.1) is 0 Å². The van der Waals surface area contributed by atoms with Gasteiger partial charge in [0.05, 0.1) is 16.9 Å². The van der Waals surface area contributed by atoms with Crippen LogP contribution in [0.15, 0.2) is 48.5 Å². The second-order valence-corrected chi connectivity index (χ2v) is 5.55. The average molecular weight is 301 g/mol. The number of rotatable bonds is 5. The van der Waals surface area contributed by atoms with Gasteiger partial charge in [0, 0.05) is 11.6 Å². The standard InChI is InChI=1S/C17H17ClN2O/c1-17(21,14-5-3-2-4-6-14)9-10-20-16-8-7-15(18)11-13(16)12-19/h2-8,11,20-21H,9-10H2,1H3. The third kappa shape index (κ3) is 3.98. The summed E-state index contributed by atoms with van der Waals surface area (Å²) < 4.78 is 0. The third-order valence-corrected chi connectivity index (χ3v) is 3.66. The van der Waals surface area contributed by atoms with Gasteiger partial charge in [-0.25, -0.2) is 0 Å². The maximum Gasteiger partial charge on any atom is 0.101 e. The van der Waals surface area contributed by atoms with E-state index in [9.17, 15) is 5.11 Å². The van der Waals surface area contributed by atoms with Crippen molar-refractivity contribution in [2.24, 2.45) is 0 Å². The minimum Gasteiger partial charge on any atom is -0.385 e. The van der Waals surface area contributed by atoms with Crippen LogP contribution in [0.2, 0.25) is 5.02 Å². The summed E-state index contributed by atoms with van der Waals surface area (Å²) in [6.07, 6.45) is 0.532. The summed E-state index contributed by atoms with van der Waals surface area (Å²) in [4.78, 5) is 0. The maximum atomic E-state index is 10.5. The Morgan fingerprint density at radius 3 is 2.62 bits per heavy atom. The van der Waals surface area contributed by atoms with Crippen molar-refractivity contribution in [2.45, 2.75) is 18.9 Å². The Hall–Kier alpha value is -2.02. The predicted molar refractivity (Wildman–Crippen MR) is 85.3 cm³/mol. The highest BCUT2D eigenvalue weighted by Crippen LogP contribution is 2.25. The van der Waals surface area contributed by atoms with E-state index in [0.717, 1.165) is 11.3 Å². The van der Waals surface area contributed by atoms with Crippen molar-refractivity contribution in [2.75, 3.05) is 11.9 Å². The number of nitriles is 1. The van der Waals surface area contributed by atoms with E-state index in [1.54, 1.807) is 25.1 Å². The lowest BCUT2D eigenvalue weighted by Crippen LogP contribution is -2.24. The topological polar surface area (TPSA) is 56.0 Å². The van der Waals surface area contributed by atoms with Crippen LogP contribution in [0, 0.1) is 11.3 Å². The van der Waals surface area contributed by atoms with Gasteiger partial charge in [0.15, 0.2) is 0 Å². The van der Waals surface area contributed by atoms with Gasteiger partial charge in [-0.05, 0) is 37.1 Å². The van der Waals surface area contributed by atoms with Gasteiger partial charge >= 0.3 is 0 Å². The molecule has 1 unspecified atom stereocenters. The van der Waals surface area contributed by atoms with Gasteiger partial charge in [-0.2, -0.15) is 5.26 Å². The van der Waals surface area contributed by atoms with E-state index in [2.05, 4.69) is 11.4 Å². The second-order valence-electron chi connectivity index (χ2n) is 5.12. The summed E-state index contributed by atoms with van der Waals surface area (Å²) in [7, 11) is 0. The summed E-state index contributed by atoms with van der Waals surface area (Å²) >= 11 is 5.86. The first-order chi connectivity index (χ1) is 10.0. The fraction of sp³-hybridized carbons (Fsp3) is 0.235. The molecule has 2 N–H and O–H groups in total. The van der Waals surface area contributed by atoms with Crippen molar-refractivity contribution in [1.29, 1.82) is 5.26 Å². The highest BCUT2D eigenvalue weighted by molar-refractivity contribution is 6.30. The van der Waals surface area contributed by atoms with E-state index < -0.39 is 5.60 Å². The Bertz CT molecular complexity index is 648. The maximum absolute atomic E-state index is 10.5. The third-order valence-electron chi connectivity index (χ3n) is 3.43. The number of hydrogen-bond acceptors (Lipinski definition) is 3. The molecule has 2 aromatic rings. The molecule has 0 heterocycles. The summed E-state index contributed by atoms with van der Waals surface area (Å²) in [6.45, 7) is 2.34. The molecule has 0 amide bonds. The molecule has 0 bridgehead atoms. The fourth-order valence-corrected chi connectivity index (χ4v) is 2.32. The molecule has 0 aliphatic rings. The van der Waals surface area contributed by atoms with E-state index in [0.29, 0.717) is 23.6 Å². The lowest BCUT2D eigenvalue weighted by atomic mass is 9.92. The molecule has 21 heavy (non-hydrogen) atoms. The fourth-order valence-electron chi connectivity index (χ4n) is 2.15. The smallest absolute Gasteiger partial charge is 0.101 e. The van der Waals surface area contributed by atoms with Gasteiger partial charge in [0.25, 0.3) is 0 Å². The number of anilines is 1. The average Bonchev–Trinajstić information content (AvgIpc) is 2.49. The van der Waals surface area contributed by atoms with Crippen molar-refractivity contribution in [3.8, 4) is 6.07 Å². The molecule has 3 nitrogen and oxygen atoms in total. The highest BCUT2D eigenvalue weighted by Gasteiger charge is 2.22. The SMILES string of the molecule is CC(O)(CCNc1ccc(Cl)cc1C#N)c1ccccc1. The lowest BCUT2D eigenvalue weighted by Gasteiger charge is -2.24. The van der Waals surface area contributed by atoms with Crippen LogP contribution in [0.4, 0.5) is 5.69 Å². The monoisotopic (exact) mass is 300 g/mol. The van der Waals surface area contributed by atoms with E-state index in [1.807, 2.05) is 30.3 Å². The van der Waals surface area contributed by atoms with Crippen LogP contribution in [0.1, 0.15) is 24.5 Å². The Kier molecular flexibility index (Phi) is 4.85. The summed E-state index contributed by atoms with van der Waals surface area (Å²) in [5.74, 6) is 0. The Morgan fingerprint density at radius 1 is 1.24 bits per heavy atom. The zero-order valence-corrected chi connectivity index (χ0v) is 12.6. The Morgan fingerprint density at radius 2 is 1.95 bits per heavy atom. The van der Waals surface area contributed by atoms with Crippen LogP contribution in [-0.4, -0.2) is 11.7 Å². The number of nitrogens with one attached hydrogen (secondary N) is 1. The second kappa shape index (κ2) is 6.62. The number of halogens is 1. The minimum atomic E-state index is -0.909. The normalized spacial score (nSPS) is 13.2. The van der Waals surface area contributed by atoms with Crippen LogP contribution in [0.3, 0.4) is 0 Å². The van der Waals surface area contributed by atoms with Crippen molar-refractivity contribution in [3.05, 3.63) is 64.7 Å². The van der Waals surface area contributed by atoms with Crippen LogP contribution < -0.4 is 5.32 Å². The molecular formula is C17H17ClN2O. The zero-order chi connectivity index (χ0) is 15.3. The first-order valence-corrected chi connectivity index (χ1v) is 7.12. The van der Waals surface area contributed by atoms with E-state index in [-0.39, 0.29) is 0 Å². The minimum absolute atomic E-state index is 0.502. The summed E-state index contributed by atoms with van der Waals surface area (Å²) in [5, 5.41) is 23.3. The molecule has 4 heteroatoms. The predicted octanol–water partition coefficient (Wildman–Crippen LogP) is 3.92. The van der Waals surface area contributed by atoms with Crippen molar-refractivity contribution < 1.29 is 5.11 Å². The van der Waals surface area contributed by atoms with Gasteiger partial charge in [0.2, 0.25) is 0 Å². The van der Waals surface area contributed by atoms with Crippen LogP contribution in [0.25, 0.3) is 0 Å². The van der Waals surface area contributed by atoms with Crippen LogP contribution >= 0.6 is 11.6 Å². The van der Waals surface area contributed by atoms with Crippen molar-refractivity contribution in [3.63, 3.8) is 0 Å². The Balaban J connectivity index is 2.00. The summed E-state index contributed by atoms with van der Waals surface area (Å²) in [5.41, 5.74) is 1.20. The Labute approximate surface area is 129 Å². The molecule has 0 aromatic heterocycles. The molecular weight excluding hydrogens is 284 g/mol. The molecule has 2 aromatic carbocycles. The first kappa shape index (κ1) is 15.4. The molecule has 0 spiro atoms. The number of hydrogen-bond donors (Lipinski definition) is 2. The van der Waals surface area contributed by atoms with Crippen molar-refractivity contribution in [1.82, 2.24) is 0 Å². The molecule has 0 radical (unpaired) electrons. The van der Waals surface area contributed by atoms with Crippen LogP contribution in [-0.2, 0) is 5.60 Å². The highest BCUT2D eigenvalue weighted by atomic mass is 35.5. The molecule has 0 saturated carbocycles. The van der Waals surface area contributed by atoms with Gasteiger partial charge in [-0.3, -0.25) is 0 Å². The molecule has 2 rings (SSSR count). The van der Waals surface area contributed by atoms with Gasteiger partial charge < -0.3 is 10.4 Å². The van der Waals surface area contributed by atoms with Gasteiger partial charge in [0.1, 0.15) is 6.07 Å². The van der Waals surface area contributed by atoms with E-state index in [1.165, 1.54) is 0 Å². The molecule has 0 fully saturated rings. The quantitative estimate of drug-likeness (QED) is 0.880. The van der Waals surface area contributed by atoms with Crippen LogP contribution in [0.5, 0.6) is 0 Å². The first-order valence-electron chi connectivity index (χ1n) is 6.74. The molecule has 0 aliphatic carbocycles. The molecule has 1 atom stereocenters. The summed E-state index contributed by atoms with van der Waals surface area (Å²) in [6, 6.07) is 16.8. The van der Waals surface area contributed by atoms with Gasteiger partial charge in [-0.1, -0.05) is 41.9 Å². The molecule has 0 saturated heterocycles. The van der Waals surface area contributed by atoms with E-state index >= 15 is 0 Å². The number of aliphatic hydroxyl groups is 1. The number of benzene rings is 2. The molecule has 108 valence electrons. The number of nitrogens with zero attached hydrogens (tertiary/aromatic N) is 1. The zero-order valence-electron chi connectivity index (χ0n) is 11.8. The molecule has 0 aliphatic heterocycles. The van der Waals surface area contributed by atoms with Crippen molar-refractivity contribution >= 4 is 17.3 Å².